The van der Waals surface area contributed by atoms with Crippen LogP contribution in [0, 0.1) is 13.8 Å². The Kier molecular flexibility index (Phi) is 6.66. The van der Waals surface area contributed by atoms with Crippen LogP contribution in [-0.2, 0) is 6.42 Å². The molecule has 0 saturated heterocycles. The van der Waals surface area contributed by atoms with Crippen LogP contribution in [0.2, 0.25) is 5.02 Å². The number of benzene rings is 2. The molecule has 0 bridgehead atoms. The van der Waals surface area contributed by atoms with Gasteiger partial charge in [0.05, 0.1) is 12.0 Å². The number of hydrogen-bond donors (Lipinski definition) is 0. The summed E-state index contributed by atoms with van der Waals surface area (Å²) in [5.41, 5.74) is 7.29. The first-order valence-electron chi connectivity index (χ1n) is 8.94. The maximum Gasteiger partial charge on any atom is 0.0909 e. The van der Waals surface area contributed by atoms with Crippen molar-refractivity contribution in [2.75, 3.05) is 13.6 Å². The zero-order chi connectivity index (χ0) is 18.6. The van der Waals surface area contributed by atoms with Crippen molar-refractivity contribution < 1.29 is 0 Å². The Morgan fingerprint density at radius 1 is 1.12 bits per heavy atom. The normalized spacial score (nSPS) is 11.5. The average molecular weight is 357 g/mol. The van der Waals surface area contributed by atoms with Gasteiger partial charge in [0.1, 0.15) is 0 Å². The Bertz CT molecular complexity index is 763. The van der Waals surface area contributed by atoms with Gasteiger partial charge in [-0.3, -0.25) is 0 Å². The average Bonchev–Trinajstić information content (AvgIpc) is 2.56. The molecule has 0 spiro atoms. The molecule has 0 heterocycles. The summed E-state index contributed by atoms with van der Waals surface area (Å²) >= 11 is 6.45. The largest absolute Gasteiger partial charge is 0.366 e. The molecule has 134 valence electrons. The monoisotopic (exact) mass is 356 g/mol. The van der Waals surface area contributed by atoms with Crippen molar-refractivity contribution in [1.82, 2.24) is 4.90 Å². The number of halogens is 1. The molecule has 0 aromatic heterocycles. The molecule has 0 radical (unpaired) electrons. The van der Waals surface area contributed by atoms with Gasteiger partial charge in [0, 0.05) is 18.6 Å². The third kappa shape index (κ3) is 5.09. The van der Waals surface area contributed by atoms with Crippen LogP contribution < -0.4 is 0 Å². The van der Waals surface area contributed by atoms with Crippen molar-refractivity contribution in [3.63, 3.8) is 0 Å². The molecule has 0 aliphatic heterocycles. The highest BCUT2D eigenvalue weighted by Crippen LogP contribution is 2.28. The van der Waals surface area contributed by atoms with Gasteiger partial charge in [0.15, 0.2) is 0 Å². The van der Waals surface area contributed by atoms with Crippen LogP contribution in [0.25, 0.3) is 0 Å². The summed E-state index contributed by atoms with van der Waals surface area (Å²) in [5.74, 6) is 0.448. The van der Waals surface area contributed by atoms with E-state index < -0.39 is 0 Å². The van der Waals surface area contributed by atoms with Crippen LogP contribution in [0.1, 0.15) is 54.5 Å². The fraction of sp³-hybridized carbons (Fsp3) is 0.409. The van der Waals surface area contributed by atoms with E-state index in [9.17, 15) is 0 Å². The maximum absolute atomic E-state index is 6.45. The van der Waals surface area contributed by atoms with Gasteiger partial charge in [-0.15, -0.1) is 0 Å². The van der Waals surface area contributed by atoms with Crippen molar-refractivity contribution in [3.05, 3.63) is 63.2 Å². The predicted molar refractivity (Wildman–Crippen MR) is 111 cm³/mol. The molecule has 0 amide bonds. The lowest BCUT2D eigenvalue weighted by atomic mass is 9.95. The molecule has 0 unspecified atom stereocenters. The molecule has 0 aliphatic carbocycles. The highest BCUT2D eigenvalue weighted by atomic mass is 35.5. The van der Waals surface area contributed by atoms with Crippen LogP contribution in [0.4, 0.5) is 5.69 Å². The molecule has 3 heteroatoms. The van der Waals surface area contributed by atoms with E-state index in [4.69, 9.17) is 11.6 Å². The Labute approximate surface area is 157 Å². The fourth-order valence-corrected chi connectivity index (χ4v) is 3.22. The molecule has 0 atom stereocenters. The highest BCUT2D eigenvalue weighted by Gasteiger charge is 2.09. The van der Waals surface area contributed by atoms with Crippen molar-refractivity contribution >= 4 is 23.6 Å². The first kappa shape index (κ1) is 19.5. The molecule has 0 N–H and O–H groups in total. The number of nitrogens with zero attached hydrogens (tertiary/aromatic N) is 2. The number of aryl methyl sites for hydroxylation is 2. The number of rotatable bonds is 6. The van der Waals surface area contributed by atoms with E-state index in [2.05, 4.69) is 74.8 Å². The number of aliphatic imine (C=N–C) groups is 1. The zero-order valence-electron chi connectivity index (χ0n) is 16.2. The lowest BCUT2D eigenvalue weighted by Crippen LogP contribution is -2.14. The van der Waals surface area contributed by atoms with Gasteiger partial charge in [-0.05, 0) is 73.1 Å². The first-order chi connectivity index (χ1) is 11.8. The van der Waals surface area contributed by atoms with Crippen molar-refractivity contribution in [3.8, 4) is 0 Å². The molecular formula is C22H29ClN2. The number of hydrogen-bond acceptors (Lipinski definition) is 1. The van der Waals surface area contributed by atoms with E-state index in [0.29, 0.717) is 5.92 Å². The third-order valence-electron chi connectivity index (χ3n) is 4.63. The molecule has 25 heavy (non-hydrogen) atoms. The third-order valence-corrected chi connectivity index (χ3v) is 4.96. The van der Waals surface area contributed by atoms with Gasteiger partial charge in [-0.25, -0.2) is 4.99 Å². The molecular weight excluding hydrogens is 328 g/mol. The van der Waals surface area contributed by atoms with Gasteiger partial charge in [-0.2, -0.15) is 0 Å². The minimum atomic E-state index is 0.448. The molecule has 2 nitrogen and oxygen atoms in total. The fourth-order valence-electron chi connectivity index (χ4n) is 2.80. The Hall–Kier alpha value is -1.80. The second kappa shape index (κ2) is 8.53. The quantitative estimate of drug-likeness (QED) is 0.439. The topological polar surface area (TPSA) is 15.6 Å². The minimum absolute atomic E-state index is 0.448. The maximum atomic E-state index is 6.45. The van der Waals surface area contributed by atoms with Crippen molar-refractivity contribution in [2.24, 2.45) is 4.99 Å². The summed E-state index contributed by atoms with van der Waals surface area (Å²) in [6.07, 6.45) is 2.79. The van der Waals surface area contributed by atoms with E-state index in [1.807, 2.05) is 13.4 Å². The molecule has 2 rings (SSSR count). The van der Waals surface area contributed by atoms with Crippen molar-refractivity contribution in [2.45, 2.75) is 47.0 Å². The first-order valence-corrected chi connectivity index (χ1v) is 9.32. The van der Waals surface area contributed by atoms with Crippen LogP contribution >= 0.6 is 11.6 Å². The van der Waals surface area contributed by atoms with Gasteiger partial charge < -0.3 is 4.90 Å². The summed E-state index contributed by atoms with van der Waals surface area (Å²) in [5, 5.41) is 0.866. The van der Waals surface area contributed by atoms with Crippen LogP contribution in [0.3, 0.4) is 0 Å². The Morgan fingerprint density at radius 3 is 2.44 bits per heavy atom. The smallest absolute Gasteiger partial charge is 0.0909 e. The molecule has 0 fully saturated rings. The highest BCUT2D eigenvalue weighted by molar-refractivity contribution is 6.31. The van der Waals surface area contributed by atoms with Gasteiger partial charge in [-0.1, -0.05) is 43.6 Å². The van der Waals surface area contributed by atoms with Gasteiger partial charge >= 0.3 is 0 Å². The molecule has 2 aromatic rings. The van der Waals surface area contributed by atoms with Gasteiger partial charge in [0.2, 0.25) is 0 Å². The van der Waals surface area contributed by atoms with Crippen LogP contribution in [0.15, 0.2) is 35.3 Å². The summed E-state index contributed by atoms with van der Waals surface area (Å²) in [6, 6.07) is 10.9. The minimum Gasteiger partial charge on any atom is -0.366 e. The molecule has 2 aromatic carbocycles. The standard InChI is InChI=1S/C22H29ClN2/c1-7-25(6)14-24-22-11-16(4)19(10-17(22)5)12-18-8-9-20(15(2)3)21(23)13-18/h8-11,13-15H,7,12H2,1-6H3/b24-14-. The zero-order valence-corrected chi connectivity index (χ0v) is 17.0. The second-order valence-corrected chi connectivity index (χ2v) is 7.48. The van der Waals surface area contributed by atoms with E-state index in [0.717, 1.165) is 23.7 Å². The van der Waals surface area contributed by atoms with E-state index >= 15 is 0 Å². The second-order valence-electron chi connectivity index (χ2n) is 7.07. The van der Waals surface area contributed by atoms with Crippen LogP contribution in [0.5, 0.6) is 0 Å². The summed E-state index contributed by atoms with van der Waals surface area (Å²) in [7, 11) is 2.03. The molecule has 0 saturated carbocycles. The Balaban J connectivity index is 2.25. The van der Waals surface area contributed by atoms with E-state index in [1.165, 1.54) is 27.8 Å². The van der Waals surface area contributed by atoms with Crippen molar-refractivity contribution in [1.29, 1.82) is 0 Å². The van der Waals surface area contributed by atoms with Gasteiger partial charge in [0.25, 0.3) is 0 Å². The lowest BCUT2D eigenvalue weighted by Gasteiger charge is -2.13. The summed E-state index contributed by atoms with van der Waals surface area (Å²) in [6.45, 7) is 11.7. The summed E-state index contributed by atoms with van der Waals surface area (Å²) < 4.78 is 0. The predicted octanol–water partition coefficient (Wildman–Crippen LogP) is 6.28. The molecule has 0 aliphatic rings. The van der Waals surface area contributed by atoms with Crippen LogP contribution in [-0.4, -0.2) is 24.8 Å². The van der Waals surface area contributed by atoms with E-state index in [-0.39, 0.29) is 0 Å². The Morgan fingerprint density at radius 2 is 1.84 bits per heavy atom. The lowest BCUT2D eigenvalue weighted by molar-refractivity contribution is 0.552. The summed E-state index contributed by atoms with van der Waals surface area (Å²) in [4.78, 5) is 6.68. The van der Waals surface area contributed by atoms with E-state index in [1.54, 1.807) is 0 Å². The SMILES string of the molecule is CCN(C)/C=N\c1cc(C)c(Cc2ccc(C(C)C)c(Cl)c2)cc1C.